The Hall–Kier alpha value is -1.15. The van der Waals surface area contributed by atoms with Crippen LogP contribution in [0.3, 0.4) is 0 Å². The molecule has 1 aromatic carbocycles. The highest BCUT2D eigenvalue weighted by atomic mass is 35.5. The van der Waals surface area contributed by atoms with Crippen molar-refractivity contribution in [3.63, 3.8) is 0 Å². The Morgan fingerprint density at radius 3 is 2.65 bits per heavy atom. The third-order valence-corrected chi connectivity index (χ3v) is 5.54. The molecule has 1 aromatic heterocycles. The molecule has 0 saturated heterocycles. The van der Waals surface area contributed by atoms with Crippen molar-refractivity contribution >= 4 is 50.3 Å². The van der Waals surface area contributed by atoms with E-state index in [9.17, 15) is 13.2 Å². The van der Waals surface area contributed by atoms with Crippen LogP contribution in [0.1, 0.15) is 15.5 Å². The van der Waals surface area contributed by atoms with Crippen LogP contribution in [0, 0.1) is 0 Å². The van der Waals surface area contributed by atoms with Crippen LogP contribution in [0.25, 0.3) is 0 Å². The molecule has 20 heavy (non-hydrogen) atoms. The quantitative estimate of drug-likeness (QED) is 0.914. The van der Waals surface area contributed by atoms with E-state index in [1.54, 1.807) is 0 Å². The number of thiazole rings is 1. The Morgan fingerprint density at radius 2 is 2.05 bits per heavy atom. The molecule has 0 spiro atoms. The van der Waals surface area contributed by atoms with Crippen LogP contribution < -0.4 is 0 Å². The lowest BCUT2D eigenvalue weighted by atomic mass is 10.4. The second kappa shape index (κ2) is 5.69. The minimum absolute atomic E-state index is 0.0584. The van der Waals surface area contributed by atoms with E-state index in [0.717, 1.165) is 11.3 Å². The number of hydrogen-bond acceptors (Lipinski definition) is 5. The van der Waals surface area contributed by atoms with E-state index in [1.165, 1.54) is 23.6 Å². The maximum Gasteiger partial charge on any atom is 0.365 e. The Kier molecular flexibility index (Phi) is 4.33. The maximum absolute atomic E-state index is 12.2. The van der Waals surface area contributed by atoms with Crippen molar-refractivity contribution in [1.82, 2.24) is 4.98 Å². The largest absolute Gasteiger partial charge is 0.476 e. The van der Waals surface area contributed by atoms with E-state index in [1.807, 2.05) is 0 Å². The highest BCUT2D eigenvalue weighted by molar-refractivity contribution is 7.90. The fourth-order valence-electron chi connectivity index (χ4n) is 1.46. The molecule has 5 nitrogen and oxygen atoms in total. The Balaban J connectivity index is 2.35. The molecular formula is C11H7Cl2NO4S2. The van der Waals surface area contributed by atoms with Crippen LogP contribution in [0.4, 0.5) is 0 Å². The average Bonchev–Trinajstić information content (AvgIpc) is 2.80. The van der Waals surface area contributed by atoms with Gasteiger partial charge in [-0.2, -0.15) is 0 Å². The molecule has 0 amide bonds. The first kappa shape index (κ1) is 15.2. The van der Waals surface area contributed by atoms with E-state index < -0.39 is 21.6 Å². The normalized spacial score (nSPS) is 11.5. The molecule has 0 unspecified atom stereocenters. The van der Waals surface area contributed by atoms with Crippen LogP contribution in [0.2, 0.25) is 10.0 Å². The molecule has 0 bridgehead atoms. The predicted octanol–water partition coefficient (Wildman–Crippen LogP) is 3.12. The van der Waals surface area contributed by atoms with Gasteiger partial charge in [-0.1, -0.05) is 23.2 Å². The van der Waals surface area contributed by atoms with Crippen molar-refractivity contribution in [1.29, 1.82) is 0 Å². The monoisotopic (exact) mass is 351 g/mol. The van der Waals surface area contributed by atoms with Gasteiger partial charge in [-0.25, -0.2) is 18.2 Å². The third kappa shape index (κ3) is 3.29. The van der Waals surface area contributed by atoms with Crippen LogP contribution in [0.5, 0.6) is 0 Å². The van der Waals surface area contributed by atoms with Gasteiger partial charge in [0.05, 0.1) is 21.4 Å². The smallest absolute Gasteiger partial charge is 0.365 e. The van der Waals surface area contributed by atoms with E-state index in [-0.39, 0.29) is 25.6 Å². The van der Waals surface area contributed by atoms with Gasteiger partial charge in [0.2, 0.25) is 5.01 Å². The van der Waals surface area contributed by atoms with Gasteiger partial charge >= 0.3 is 5.97 Å². The van der Waals surface area contributed by atoms with Gasteiger partial charge in [0.25, 0.3) is 0 Å². The first-order valence-electron chi connectivity index (χ1n) is 5.15. The van der Waals surface area contributed by atoms with Crippen LogP contribution in [-0.4, -0.2) is 24.5 Å². The summed E-state index contributed by atoms with van der Waals surface area (Å²) in [4.78, 5) is 14.3. The lowest BCUT2D eigenvalue weighted by Crippen LogP contribution is -2.06. The van der Waals surface area contributed by atoms with E-state index in [0.29, 0.717) is 0 Å². The number of carbonyl (C=O) groups is 1. The summed E-state index contributed by atoms with van der Waals surface area (Å²) in [6.45, 7) is 0. The number of hydrogen-bond donors (Lipinski definition) is 1. The number of carboxylic acid groups (broad SMARTS) is 1. The van der Waals surface area contributed by atoms with Gasteiger partial charge in [0, 0.05) is 10.4 Å². The minimum atomic E-state index is -3.74. The number of carboxylic acids is 1. The van der Waals surface area contributed by atoms with Crippen molar-refractivity contribution in [2.75, 3.05) is 0 Å². The zero-order chi connectivity index (χ0) is 14.9. The molecule has 106 valence electrons. The standard InChI is InChI=1S/C11H7Cl2NO4S2/c12-6-1-2-8(13)9(3-6)20(17,18)5-7-4-19-10(14-7)11(15)16/h1-4H,5H2,(H,15,16). The fraction of sp³-hybridized carbons (Fsp3) is 0.0909. The second-order valence-electron chi connectivity index (χ2n) is 3.78. The van der Waals surface area contributed by atoms with Crippen molar-refractivity contribution in [2.24, 2.45) is 0 Å². The van der Waals surface area contributed by atoms with E-state index in [4.69, 9.17) is 28.3 Å². The molecule has 0 radical (unpaired) electrons. The van der Waals surface area contributed by atoms with Crippen LogP contribution in [0.15, 0.2) is 28.5 Å². The molecular weight excluding hydrogens is 345 g/mol. The summed E-state index contributed by atoms with van der Waals surface area (Å²) in [6, 6.07) is 4.12. The summed E-state index contributed by atoms with van der Waals surface area (Å²) in [7, 11) is -3.74. The highest BCUT2D eigenvalue weighted by Gasteiger charge is 2.21. The highest BCUT2D eigenvalue weighted by Crippen LogP contribution is 2.28. The molecule has 0 fully saturated rings. The summed E-state index contributed by atoms with van der Waals surface area (Å²) in [6.07, 6.45) is 0. The van der Waals surface area contributed by atoms with Gasteiger partial charge in [-0.3, -0.25) is 0 Å². The fourth-order valence-corrected chi connectivity index (χ4v) is 4.29. The molecule has 0 aliphatic heterocycles. The molecule has 9 heteroatoms. The molecule has 2 rings (SSSR count). The SMILES string of the molecule is O=C(O)c1nc(CS(=O)(=O)c2cc(Cl)ccc2Cl)cs1. The minimum Gasteiger partial charge on any atom is -0.476 e. The number of aromatic carboxylic acids is 1. The summed E-state index contributed by atoms with van der Waals surface area (Å²) in [5, 5.41) is 10.3. The van der Waals surface area contributed by atoms with Crippen molar-refractivity contribution in [3.8, 4) is 0 Å². The number of benzene rings is 1. The molecule has 2 aromatic rings. The predicted molar refractivity (Wildman–Crippen MR) is 76.4 cm³/mol. The van der Waals surface area contributed by atoms with Crippen molar-refractivity contribution in [3.05, 3.63) is 44.3 Å². The van der Waals surface area contributed by atoms with Gasteiger partial charge in [0.1, 0.15) is 0 Å². The molecule has 0 saturated carbocycles. The maximum atomic E-state index is 12.2. The van der Waals surface area contributed by atoms with Crippen LogP contribution >= 0.6 is 34.5 Å². The zero-order valence-corrected chi connectivity index (χ0v) is 12.9. The number of nitrogens with zero attached hydrogens (tertiary/aromatic N) is 1. The number of sulfone groups is 1. The van der Waals surface area contributed by atoms with Crippen molar-refractivity contribution in [2.45, 2.75) is 10.6 Å². The van der Waals surface area contributed by atoms with E-state index in [2.05, 4.69) is 4.98 Å². The first-order valence-corrected chi connectivity index (χ1v) is 8.44. The van der Waals surface area contributed by atoms with Gasteiger partial charge in [0.15, 0.2) is 9.84 Å². The lowest BCUT2D eigenvalue weighted by Gasteiger charge is -2.05. The molecule has 1 heterocycles. The third-order valence-electron chi connectivity index (χ3n) is 2.30. The summed E-state index contributed by atoms with van der Waals surface area (Å²) in [5.41, 5.74) is 0.156. The Bertz CT molecular complexity index is 770. The zero-order valence-electron chi connectivity index (χ0n) is 9.71. The molecule has 0 atom stereocenters. The number of aromatic nitrogens is 1. The molecule has 1 N–H and O–H groups in total. The Labute approximate surface area is 128 Å². The topological polar surface area (TPSA) is 84.3 Å². The molecule has 0 aliphatic carbocycles. The second-order valence-corrected chi connectivity index (χ2v) is 7.44. The Morgan fingerprint density at radius 1 is 1.35 bits per heavy atom. The van der Waals surface area contributed by atoms with Gasteiger partial charge < -0.3 is 5.11 Å². The first-order chi connectivity index (χ1) is 9.29. The lowest BCUT2D eigenvalue weighted by molar-refractivity contribution is 0.0696. The van der Waals surface area contributed by atoms with Gasteiger partial charge in [-0.05, 0) is 18.2 Å². The van der Waals surface area contributed by atoms with Crippen LogP contribution in [-0.2, 0) is 15.6 Å². The summed E-state index contributed by atoms with van der Waals surface area (Å²) < 4.78 is 24.5. The summed E-state index contributed by atoms with van der Waals surface area (Å²) >= 11 is 12.5. The van der Waals surface area contributed by atoms with Crippen molar-refractivity contribution < 1.29 is 18.3 Å². The van der Waals surface area contributed by atoms with E-state index >= 15 is 0 Å². The number of halogens is 2. The number of rotatable bonds is 4. The molecule has 0 aliphatic rings. The summed E-state index contributed by atoms with van der Waals surface area (Å²) in [5.74, 6) is -1.63. The van der Waals surface area contributed by atoms with Gasteiger partial charge in [-0.15, -0.1) is 11.3 Å². The average molecular weight is 352 g/mol.